The fourth-order valence-electron chi connectivity index (χ4n) is 2.12. The normalized spacial score (nSPS) is 12.6. The van der Waals surface area contributed by atoms with Gasteiger partial charge < -0.3 is 10.0 Å². The van der Waals surface area contributed by atoms with Gasteiger partial charge in [0.1, 0.15) is 5.75 Å². The molecule has 3 nitrogen and oxygen atoms in total. The van der Waals surface area contributed by atoms with Crippen molar-refractivity contribution >= 4 is 5.91 Å². The van der Waals surface area contributed by atoms with Crippen molar-refractivity contribution in [3.8, 4) is 5.75 Å². The maximum Gasteiger partial charge on any atom is 0.254 e. The molecule has 1 atom stereocenters. The van der Waals surface area contributed by atoms with Gasteiger partial charge in [0.2, 0.25) is 0 Å². The third kappa shape index (κ3) is 3.49. The van der Waals surface area contributed by atoms with Gasteiger partial charge in [0.05, 0.1) is 0 Å². The number of aryl methyl sites for hydroxylation is 1. The van der Waals surface area contributed by atoms with Crippen LogP contribution in [0.4, 0.5) is 0 Å². The van der Waals surface area contributed by atoms with Crippen LogP contribution in [0.3, 0.4) is 0 Å². The van der Waals surface area contributed by atoms with Crippen molar-refractivity contribution in [3.63, 3.8) is 0 Å². The zero-order valence-corrected chi connectivity index (χ0v) is 11.9. The van der Waals surface area contributed by atoms with E-state index in [9.17, 15) is 9.90 Å². The highest BCUT2D eigenvalue weighted by molar-refractivity contribution is 5.95. The third-order valence-corrected chi connectivity index (χ3v) is 3.23. The number of aromatic hydroxyl groups is 1. The summed E-state index contributed by atoms with van der Waals surface area (Å²) in [5.41, 5.74) is 1.47. The first-order chi connectivity index (χ1) is 8.32. The zero-order valence-electron chi connectivity index (χ0n) is 11.9. The summed E-state index contributed by atoms with van der Waals surface area (Å²) in [5.74, 6) is 0.777. The molecule has 0 heterocycles. The Kier molecular flexibility index (Phi) is 4.76. The molecule has 0 aliphatic rings. The molecule has 0 spiro atoms. The van der Waals surface area contributed by atoms with E-state index in [4.69, 9.17) is 0 Å². The number of phenolic OH excluding ortho intramolecular Hbond substituents is 1. The molecule has 0 aliphatic heterocycles. The molecule has 100 valence electrons. The average Bonchev–Trinajstić information content (AvgIpc) is 2.26. The van der Waals surface area contributed by atoms with Crippen LogP contribution in [0.1, 0.15) is 43.1 Å². The first-order valence-electron chi connectivity index (χ1n) is 6.39. The number of nitrogens with zero attached hydrogens (tertiary/aromatic N) is 1. The van der Waals surface area contributed by atoms with Crippen molar-refractivity contribution in [3.05, 3.63) is 29.3 Å². The molecule has 0 aromatic heterocycles. The number of benzene rings is 1. The van der Waals surface area contributed by atoms with Crippen LogP contribution in [0, 0.1) is 12.8 Å². The summed E-state index contributed by atoms with van der Waals surface area (Å²) in [7, 11) is 1.83. The lowest BCUT2D eigenvalue weighted by Crippen LogP contribution is -2.36. The van der Waals surface area contributed by atoms with E-state index in [1.165, 1.54) is 0 Å². The predicted molar refractivity (Wildman–Crippen MR) is 73.9 cm³/mol. The Bertz CT molecular complexity index is 427. The van der Waals surface area contributed by atoms with Crippen molar-refractivity contribution in [1.29, 1.82) is 0 Å². The number of amides is 1. The van der Waals surface area contributed by atoms with Gasteiger partial charge in [0.25, 0.3) is 5.91 Å². The number of carbonyl (C=O) groups excluding carboxylic acids is 1. The van der Waals surface area contributed by atoms with E-state index >= 15 is 0 Å². The van der Waals surface area contributed by atoms with E-state index in [1.807, 2.05) is 14.0 Å². The first-order valence-corrected chi connectivity index (χ1v) is 6.39. The number of phenols is 1. The number of hydrogen-bond acceptors (Lipinski definition) is 2. The van der Waals surface area contributed by atoms with E-state index in [2.05, 4.69) is 20.8 Å². The van der Waals surface area contributed by atoms with Crippen LogP contribution < -0.4 is 0 Å². The van der Waals surface area contributed by atoms with E-state index in [1.54, 1.807) is 23.1 Å². The summed E-state index contributed by atoms with van der Waals surface area (Å²) in [6.07, 6.45) is 0.985. The lowest BCUT2D eigenvalue weighted by Gasteiger charge is -2.27. The summed E-state index contributed by atoms with van der Waals surface area (Å²) < 4.78 is 0. The Labute approximate surface area is 109 Å². The minimum atomic E-state index is 0.0145. The molecule has 18 heavy (non-hydrogen) atoms. The Hall–Kier alpha value is -1.51. The third-order valence-electron chi connectivity index (χ3n) is 3.23. The van der Waals surface area contributed by atoms with Gasteiger partial charge in [-0.3, -0.25) is 4.79 Å². The molecule has 1 aromatic rings. The summed E-state index contributed by atoms with van der Waals surface area (Å²) in [5, 5.41) is 9.36. The summed E-state index contributed by atoms with van der Waals surface area (Å²) >= 11 is 0. The maximum atomic E-state index is 12.3. The minimum absolute atomic E-state index is 0.0145. The molecule has 0 bridgehead atoms. The van der Waals surface area contributed by atoms with Crippen molar-refractivity contribution in [2.75, 3.05) is 7.05 Å². The summed E-state index contributed by atoms with van der Waals surface area (Å²) in [6.45, 7) is 8.21. The van der Waals surface area contributed by atoms with Crippen LogP contribution in [-0.2, 0) is 0 Å². The molecular formula is C15H23NO2. The zero-order chi connectivity index (χ0) is 13.9. The van der Waals surface area contributed by atoms with Crippen LogP contribution in [0.25, 0.3) is 0 Å². The smallest absolute Gasteiger partial charge is 0.254 e. The van der Waals surface area contributed by atoms with Gasteiger partial charge in [0.15, 0.2) is 0 Å². The molecule has 1 aromatic carbocycles. The van der Waals surface area contributed by atoms with Crippen molar-refractivity contribution in [2.45, 2.75) is 40.2 Å². The molecule has 0 saturated heterocycles. The summed E-state index contributed by atoms with van der Waals surface area (Å²) in [4.78, 5) is 14.1. The highest BCUT2D eigenvalue weighted by atomic mass is 16.3. The lowest BCUT2D eigenvalue weighted by atomic mass is 10.0. The second-order valence-corrected chi connectivity index (χ2v) is 5.39. The molecule has 1 rings (SSSR count). The quantitative estimate of drug-likeness (QED) is 0.890. The van der Waals surface area contributed by atoms with Gasteiger partial charge >= 0.3 is 0 Å². The van der Waals surface area contributed by atoms with Crippen LogP contribution in [-0.4, -0.2) is 29.0 Å². The van der Waals surface area contributed by atoms with E-state index in [-0.39, 0.29) is 17.7 Å². The minimum Gasteiger partial charge on any atom is -0.508 e. The van der Waals surface area contributed by atoms with Crippen LogP contribution >= 0.6 is 0 Å². The largest absolute Gasteiger partial charge is 0.508 e. The van der Waals surface area contributed by atoms with Crippen LogP contribution in [0.5, 0.6) is 5.75 Å². The van der Waals surface area contributed by atoms with Crippen molar-refractivity contribution < 1.29 is 9.90 Å². The predicted octanol–water partition coefficient (Wildman–Crippen LogP) is 3.21. The number of rotatable bonds is 4. The van der Waals surface area contributed by atoms with Gasteiger partial charge in [-0.05, 0) is 49.9 Å². The number of hydrogen-bond donors (Lipinski definition) is 1. The fraction of sp³-hybridized carbons (Fsp3) is 0.533. The Morgan fingerprint density at radius 2 is 1.94 bits per heavy atom. The molecule has 0 fully saturated rings. The Morgan fingerprint density at radius 1 is 1.33 bits per heavy atom. The second kappa shape index (κ2) is 5.89. The van der Waals surface area contributed by atoms with E-state index < -0.39 is 0 Å². The van der Waals surface area contributed by atoms with Gasteiger partial charge in [-0.2, -0.15) is 0 Å². The number of carbonyl (C=O) groups is 1. The topological polar surface area (TPSA) is 40.5 Å². The van der Waals surface area contributed by atoms with E-state index in [0.717, 1.165) is 12.0 Å². The first kappa shape index (κ1) is 14.6. The molecule has 1 N–H and O–H groups in total. The Balaban J connectivity index is 2.86. The van der Waals surface area contributed by atoms with Gasteiger partial charge in [-0.15, -0.1) is 0 Å². The lowest BCUT2D eigenvalue weighted by molar-refractivity contribution is 0.0727. The highest BCUT2D eigenvalue weighted by Gasteiger charge is 2.19. The van der Waals surface area contributed by atoms with Gasteiger partial charge in [0, 0.05) is 18.7 Å². The summed E-state index contributed by atoms with van der Waals surface area (Å²) in [6, 6.07) is 5.08. The van der Waals surface area contributed by atoms with Gasteiger partial charge in [-0.25, -0.2) is 0 Å². The molecule has 1 amide bonds. The average molecular weight is 249 g/mol. The second-order valence-electron chi connectivity index (χ2n) is 5.39. The molecule has 3 heteroatoms. The molecule has 0 saturated carbocycles. The fourth-order valence-corrected chi connectivity index (χ4v) is 2.12. The Morgan fingerprint density at radius 3 is 2.44 bits per heavy atom. The molecular weight excluding hydrogens is 226 g/mol. The van der Waals surface area contributed by atoms with Crippen LogP contribution in [0.2, 0.25) is 0 Å². The van der Waals surface area contributed by atoms with Crippen molar-refractivity contribution in [2.24, 2.45) is 5.92 Å². The van der Waals surface area contributed by atoms with Gasteiger partial charge in [-0.1, -0.05) is 13.8 Å². The monoisotopic (exact) mass is 249 g/mol. The SMILES string of the molecule is Cc1cc(O)ccc1C(=O)N(C)C(C)CC(C)C. The highest BCUT2D eigenvalue weighted by Crippen LogP contribution is 2.19. The molecule has 0 aliphatic carbocycles. The standard InChI is InChI=1S/C15H23NO2/c1-10(2)8-12(4)16(5)15(18)14-7-6-13(17)9-11(14)3/h6-7,9-10,12,17H,8H2,1-5H3. The maximum absolute atomic E-state index is 12.3. The van der Waals surface area contributed by atoms with Crippen LogP contribution in [0.15, 0.2) is 18.2 Å². The molecule has 0 radical (unpaired) electrons. The van der Waals surface area contributed by atoms with Crippen molar-refractivity contribution in [1.82, 2.24) is 4.90 Å². The molecule has 1 unspecified atom stereocenters. The van der Waals surface area contributed by atoms with E-state index in [0.29, 0.717) is 11.5 Å².